The first kappa shape index (κ1) is 13.3. The Hall–Kier alpha value is -2.10. The summed E-state index contributed by atoms with van der Waals surface area (Å²) < 4.78 is 0. The lowest BCUT2D eigenvalue weighted by Crippen LogP contribution is -1.98. The summed E-state index contributed by atoms with van der Waals surface area (Å²) in [5.74, 6) is 0. The van der Waals surface area contributed by atoms with Crippen LogP contribution in [0.4, 0.5) is 10.7 Å². The van der Waals surface area contributed by atoms with Gasteiger partial charge in [0.15, 0.2) is 0 Å². The predicted molar refractivity (Wildman–Crippen MR) is 74.5 cm³/mol. The van der Waals surface area contributed by atoms with Gasteiger partial charge in [0.2, 0.25) is 0 Å². The molecule has 2 aromatic rings. The molecule has 1 heterocycles. The SMILES string of the molecule is N#Cc1ccc(NCc2ccc([N+](=O)[O-])s2)c(Cl)c1. The molecule has 1 N–H and O–H groups in total. The van der Waals surface area contributed by atoms with Gasteiger partial charge in [0.05, 0.1) is 27.3 Å². The summed E-state index contributed by atoms with van der Waals surface area (Å²) >= 11 is 7.13. The van der Waals surface area contributed by atoms with Crippen LogP contribution < -0.4 is 5.32 Å². The van der Waals surface area contributed by atoms with E-state index in [4.69, 9.17) is 16.9 Å². The zero-order chi connectivity index (χ0) is 13.8. The van der Waals surface area contributed by atoms with Crippen molar-refractivity contribution in [1.82, 2.24) is 0 Å². The third-order valence-corrected chi connectivity index (χ3v) is 3.73. The highest BCUT2D eigenvalue weighted by molar-refractivity contribution is 7.15. The molecule has 2 rings (SSSR count). The van der Waals surface area contributed by atoms with Crippen molar-refractivity contribution in [3.63, 3.8) is 0 Å². The molecule has 1 aromatic carbocycles. The lowest BCUT2D eigenvalue weighted by atomic mass is 10.2. The number of hydrogen-bond acceptors (Lipinski definition) is 5. The Morgan fingerprint density at radius 3 is 2.79 bits per heavy atom. The monoisotopic (exact) mass is 293 g/mol. The first-order chi connectivity index (χ1) is 9.10. The maximum absolute atomic E-state index is 10.6. The van der Waals surface area contributed by atoms with Crippen LogP contribution in [0.5, 0.6) is 0 Å². The molecule has 0 spiro atoms. The normalized spacial score (nSPS) is 9.89. The molecule has 19 heavy (non-hydrogen) atoms. The highest BCUT2D eigenvalue weighted by Gasteiger charge is 2.09. The number of anilines is 1. The number of rotatable bonds is 4. The molecule has 0 aliphatic carbocycles. The average Bonchev–Trinajstić information content (AvgIpc) is 2.86. The van der Waals surface area contributed by atoms with Gasteiger partial charge in [0.1, 0.15) is 0 Å². The number of thiophene rings is 1. The molecule has 0 aliphatic heterocycles. The van der Waals surface area contributed by atoms with Crippen molar-refractivity contribution < 1.29 is 4.92 Å². The molecule has 0 saturated heterocycles. The Balaban J connectivity index is 2.06. The molecule has 0 atom stereocenters. The molecule has 0 saturated carbocycles. The summed E-state index contributed by atoms with van der Waals surface area (Å²) in [5.41, 5.74) is 1.18. The summed E-state index contributed by atoms with van der Waals surface area (Å²) in [6, 6.07) is 10.1. The van der Waals surface area contributed by atoms with E-state index in [1.54, 1.807) is 24.3 Å². The van der Waals surface area contributed by atoms with Crippen LogP contribution in [0.15, 0.2) is 30.3 Å². The summed E-state index contributed by atoms with van der Waals surface area (Å²) in [5, 5.41) is 22.9. The van der Waals surface area contributed by atoms with E-state index in [-0.39, 0.29) is 5.00 Å². The molecule has 0 bridgehead atoms. The number of nitrogens with one attached hydrogen (secondary N) is 1. The smallest absolute Gasteiger partial charge is 0.324 e. The quantitative estimate of drug-likeness (QED) is 0.687. The number of nitro groups is 1. The third kappa shape index (κ3) is 3.22. The molecule has 0 amide bonds. The number of nitrogens with zero attached hydrogens (tertiary/aromatic N) is 2. The minimum Gasteiger partial charge on any atom is -0.379 e. The van der Waals surface area contributed by atoms with Crippen LogP contribution in [0.25, 0.3) is 0 Å². The van der Waals surface area contributed by atoms with Crippen LogP contribution in [-0.4, -0.2) is 4.92 Å². The van der Waals surface area contributed by atoms with Crippen molar-refractivity contribution in [1.29, 1.82) is 5.26 Å². The summed E-state index contributed by atoms with van der Waals surface area (Å²) in [6.45, 7) is 0.449. The van der Waals surface area contributed by atoms with Crippen LogP contribution in [0.1, 0.15) is 10.4 Å². The molecule has 1 aromatic heterocycles. The minimum atomic E-state index is -0.414. The van der Waals surface area contributed by atoms with Crippen LogP contribution in [0.2, 0.25) is 5.02 Å². The maximum Gasteiger partial charge on any atom is 0.324 e. The van der Waals surface area contributed by atoms with Gasteiger partial charge < -0.3 is 5.32 Å². The van der Waals surface area contributed by atoms with E-state index < -0.39 is 4.92 Å². The zero-order valence-electron chi connectivity index (χ0n) is 9.59. The highest BCUT2D eigenvalue weighted by atomic mass is 35.5. The van der Waals surface area contributed by atoms with Gasteiger partial charge in [0.25, 0.3) is 0 Å². The van der Waals surface area contributed by atoms with Crippen LogP contribution >= 0.6 is 22.9 Å². The van der Waals surface area contributed by atoms with E-state index in [1.807, 2.05) is 6.07 Å². The molecule has 0 unspecified atom stereocenters. The standard InChI is InChI=1S/C12H8ClN3O2S/c13-10-5-8(6-14)1-3-11(10)15-7-9-2-4-12(19-9)16(17)18/h1-5,15H,7H2. The first-order valence-electron chi connectivity index (χ1n) is 5.27. The minimum absolute atomic E-state index is 0.114. The number of halogens is 1. The maximum atomic E-state index is 10.6. The second-order valence-electron chi connectivity index (χ2n) is 3.66. The largest absolute Gasteiger partial charge is 0.379 e. The van der Waals surface area contributed by atoms with E-state index in [1.165, 1.54) is 6.07 Å². The van der Waals surface area contributed by atoms with E-state index in [0.29, 0.717) is 22.8 Å². The van der Waals surface area contributed by atoms with E-state index in [2.05, 4.69) is 5.32 Å². The van der Waals surface area contributed by atoms with Crippen LogP contribution in [-0.2, 0) is 6.54 Å². The molecular formula is C12H8ClN3O2S. The topological polar surface area (TPSA) is 79.0 Å². The lowest BCUT2D eigenvalue weighted by Gasteiger charge is -2.06. The molecule has 0 radical (unpaired) electrons. The molecule has 5 nitrogen and oxygen atoms in total. The first-order valence-corrected chi connectivity index (χ1v) is 6.46. The number of benzene rings is 1. The lowest BCUT2D eigenvalue weighted by molar-refractivity contribution is -0.380. The number of nitriles is 1. The van der Waals surface area contributed by atoms with Gasteiger partial charge in [-0.15, -0.1) is 0 Å². The van der Waals surface area contributed by atoms with Gasteiger partial charge in [0, 0.05) is 17.5 Å². The molecule has 7 heteroatoms. The van der Waals surface area contributed by atoms with E-state index in [9.17, 15) is 10.1 Å². The fourth-order valence-electron chi connectivity index (χ4n) is 1.47. The second kappa shape index (κ2) is 5.69. The average molecular weight is 294 g/mol. The fourth-order valence-corrected chi connectivity index (χ4v) is 2.48. The summed E-state index contributed by atoms with van der Waals surface area (Å²) in [7, 11) is 0. The summed E-state index contributed by atoms with van der Waals surface area (Å²) in [4.78, 5) is 11.0. The Morgan fingerprint density at radius 1 is 1.42 bits per heavy atom. The van der Waals surface area contributed by atoms with Crippen molar-refractivity contribution in [3.05, 3.63) is 55.9 Å². The predicted octanol–water partition coefficient (Wildman–Crippen LogP) is 3.79. The summed E-state index contributed by atoms with van der Waals surface area (Å²) in [6.07, 6.45) is 0. The van der Waals surface area contributed by atoms with Crippen molar-refractivity contribution in [2.75, 3.05) is 5.32 Å². The number of hydrogen-bond donors (Lipinski definition) is 1. The van der Waals surface area contributed by atoms with Gasteiger partial charge in [-0.05, 0) is 24.3 Å². The van der Waals surface area contributed by atoms with Gasteiger partial charge in [-0.3, -0.25) is 10.1 Å². The van der Waals surface area contributed by atoms with Crippen LogP contribution in [0.3, 0.4) is 0 Å². The van der Waals surface area contributed by atoms with Crippen molar-refractivity contribution in [2.24, 2.45) is 0 Å². The molecule has 0 aliphatic rings. The van der Waals surface area contributed by atoms with Gasteiger partial charge in [-0.25, -0.2) is 0 Å². The Morgan fingerprint density at radius 2 is 2.21 bits per heavy atom. The van der Waals surface area contributed by atoms with Gasteiger partial charge in [-0.2, -0.15) is 5.26 Å². The van der Waals surface area contributed by atoms with Crippen LogP contribution in [0, 0.1) is 21.4 Å². The molecule has 96 valence electrons. The van der Waals surface area contributed by atoms with Crippen molar-refractivity contribution in [2.45, 2.75) is 6.54 Å². The van der Waals surface area contributed by atoms with E-state index >= 15 is 0 Å². The molecule has 0 fully saturated rings. The van der Waals surface area contributed by atoms with Crippen molar-refractivity contribution in [3.8, 4) is 6.07 Å². The highest BCUT2D eigenvalue weighted by Crippen LogP contribution is 2.27. The second-order valence-corrected chi connectivity index (χ2v) is 5.21. The fraction of sp³-hybridized carbons (Fsp3) is 0.0833. The Kier molecular flexibility index (Phi) is 4.00. The zero-order valence-corrected chi connectivity index (χ0v) is 11.2. The molecular weight excluding hydrogens is 286 g/mol. The third-order valence-electron chi connectivity index (χ3n) is 2.38. The van der Waals surface area contributed by atoms with Gasteiger partial charge >= 0.3 is 5.00 Å². The Labute approximate surface area is 118 Å². The van der Waals surface area contributed by atoms with Gasteiger partial charge in [-0.1, -0.05) is 22.9 Å². The van der Waals surface area contributed by atoms with E-state index in [0.717, 1.165) is 16.2 Å². The Bertz CT molecular complexity index is 663. The van der Waals surface area contributed by atoms with Crippen molar-refractivity contribution >= 4 is 33.6 Å².